The summed E-state index contributed by atoms with van der Waals surface area (Å²) in [6, 6.07) is 5.08. The fourth-order valence-corrected chi connectivity index (χ4v) is 2.59. The zero-order chi connectivity index (χ0) is 17.4. The molecule has 0 unspecified atom stereocenters. The molecule has 2 aromatic carbocycles. The fraction of sp³-hybridized carbons (Fsp3) is 0.0667. The van der Waals surface area contributed by atoms with Crippen LogP contribution in [-0.2, 0) is 0 Å². The maximum absolute atomic E-state index is 14.7. The van der Waals surface area contributed by atoms with E-state index in [0.717, 1.165) is 6.07 Å². The highest BCUT2D eigenvalue weighted by atomic mass is 35.5. The van der Waals surface area contributed by atoms with Crippen LogP contribution in [0.2, 0.25) is 10.0 Å². The number of carbonyl (C=O) groups excluding carboxylic acids is 1. The molecule has 0 saturated carbocycles. The lowest BCUT2D eigenvalue weighted by molar-refractivity contribution is 0.101. The average Bonchev–Trinajstić information content (AvgIpc) is 3.07. The highest BCUT2D eigenvalue weighted by Gasteiger charge is 2.22. The summed E-state index contributed by atoms with van der Waals surface area (Å²) in [5.74, 6) is -2.06. The third-order valence-corrected chi connectivity index (χ3v) is 4.05. The number of hydrogen-bond donors (Lipinski definition) is 0. The number of rotatable bonds is 3. The number of nitrogens with zero attached hydrogens (tertiary/aromatic N) is 4. The van der Waals surface area contributed by atoms with Crippen LogP contribution in [-0.4, -0.2) is 26.0 Å². The van der Waals surface area contributed by atoms with E-state index >= 15 is 0 Å². The summed E-state index contributed by atoms with van der Waals surface area (Å²) in [6.07, 6.45) is 1.24. The van der Waals surface area contributed by atoms with Gasteiger partial charge in [-0.15, -0.1) is 5.10 Å². The minimum absolute atomic E-state index is 0.0210. The van der Waals surface area contributed by atoms with E-state index in [2.05, 4.69) is 15.5 Å². The molecule has 0 radical (unpaired) electrons. The van der Waals surface area contributed by atoms with Crippen LogP contribution >= 0.6 is 23.2 Å². The summed E-state index contributed by atoms with van der Waals surface area (Å²) in [5.41, 5.74) is 0.118. The van der Waals surface area contributed by atoms with Gasteiger partial charge in [-0.1, -0.05) is 23.2 Å². The van der Waals surface area contributed by atoms with Crippen molar-refractivity contribution in [1.82, 2.24) is 20.2 Å². The lowest BCUT2D eigenvalue weighted by atomic mass is 9.99. The van der Waals surface area contributed by atoms with Crippen LogP contribution in [0.4, 0.5) is 8.78 Å². The Morgan fingerprint density at radius 2 is 1.96 bits per heavy atom. The van der Waals surface area contributed by atoms with Crippen molar-refractivity contribution in [3.63, 3.8) is 0 Å². The van der Waals surface area contributed by atoms with Gasteiger partial charge in [0.2, 0.25) is 0 Å². The van der Waals surface area contributed by atoms with Crippen molar-refractivity contribution in [1.29, 1.82) is 0 Å². The molecule has 3 rings (SSSR count). The number of hydrogen-bond acceptors (Lipinski definition) is 4. The van der Waals surface area contributed by atoms with Crippen molar-refractivity contribution in [2.24, 2.45) is 0 Å². The Bertz CT molecular complexity index is 945. The van der Waals surface area contributed by atoms with Crippen LogP contribution in [0.25, 0.3) is 16.8 Å². The predicted molar refractivity (Wildman–Crippen MR) is 84.5 cm³/mol. The zero-order valence-electron chi connectivity index (χ0n) is 12.1. The highest BCUT2D eigenvalue weighted by molar-refractivity contribution is 6.34. The Morgan fingerprint density at radius 3 is 2.58 bits per heavy atom. The van der Waals surface area contributed by atoms with Crippen LogP contribution in [0.1, 0.15) is 17.3 Å². The number of aromatic nitrogens is 4. The summed E-state index contributed by atoms with van der Waals surface area (Å²) in [4.78, 5) is 11.6. The van der Waals surface area contributed by atoms with Gasteiger partial charge in [0.15, 0.2) is 11.6 Å². The molecule has 0 aliphatic heterocycles. The number of ketones is 1. The first-order chi connectivity index (χ1) is 11.4. The van der Waals surface area contributed by atoms with Gasteiger partial charge in [0.1, 0.15) is 12.1 Å². The first-order valence-electron chi connectivity index (χ1n) is 6.62. The van der Waals surface area contributed by atoms with E-state index in [4.69, 9.17) is 23.2 Å². The molecule has 0 aliphatic carbocycles. The standard InChI is InChI=1S/C15H8Cl2F2N4O/c1-7(24)8-4-9(14(17)11(18)5-8)13-12(23-6-20-21-22-23)3-2-10(16)15(13)19/h2-6H,1H3. The topological polar surface area (TPSA) is 60.7 Å². The molecule has 0 aliphatic rings. The SMILES string of the molecule is CC(=O)c1cc(F)c(Cl)c(-c2c(-n3cnnn3)ccc(Cl)c2F)c1. The van der Waals surface area contributed by atoms with Crippen molar-refractivity contribution in [2.45, 2.75) is 6.92 Å². The Balaban J connectivity index is 2.38. The van der Waals surface area contributed by atoms with Crippen LogP contribution in [0, 0.1) is 11.6 Å². The molecule has 1 aromatic heterocycles. The van der Waals surface area contributed by atoms with Crippen molar-refractivity contribution in [3.05, 3.63) is 57.8 Å². The molecule has 24 heavy (non-hydrogen) atoms. The largest absolute Gasteiger partial charge is 0.295 e. The van der Waals surface area contributed by atoms with Gasteiger partial charge in [0, 0.05) is 16.7 Å². The smallest absolute Gasteiger partial charge is 0.159 e. The molecule has 1 heterocycles. The van der Waals surface area contributed by atoms with Crippen LogP contribution < -0.4 is 0 Å². The van der Waals surface area contributed by atoms with E-state index in [1.807, 2.05) is 0 Å². The fourth-order valence-electron chi connectivity index (χ4n) is 2.23. The molecule has 0 spiro atoms. The molecule has 122 valence electrons. The van der Waals surface area contributed by atoms with Gasteiger partial charge >= 0.3 is 0 Å². The minimum atomic E-state index is -0.846. The van der Waals surface area contributed by atoms with E-state index < -0.39 is 17.4 Å². The second-order valence-corrected chi connectivity index (χ2v) is 5.67. The zero-order valence-corrected chi connectivity index (χ0v) is 13.6. The molecule has 3 aromatic rings. The molecule has 0 amide bonds. The maximum Gasteiger partial charge on any atom is 0.159 e. The summed E-state index contributed by atoms with van der Waals surface area (Å²) >= 11 is 11.9. The Morgan fingerprint density at radius 1 is 1.21 bits per heavy atom. The van der Waals surface area contributed by atoms with E-state index in [-0.39, 0.29) is 32.4 Å². The summed E-state index contributed by atoms with van der Waals surface area (Å²) in [6.45, 7) is 1.27. The van der Waals surface area contributed by atoms with Gasteiger partial charge in [-0.25, -0.2) is 8.78 Å². The van der Waals surface area contributed by atoms with E-state index in [1.165, 1.54) is 36.1 Å². The van der Waals surface area contributed by atoms with Crippen LogP contribution in [0.3, 0.4) is 0 Å². The van der Waals surface area contributed by atoms with Crippen molar-refractivity contribution in [3.8, 4) is 16.8 Å². The molecular formula is C15H8Cl2F2N4O. The average molecular weight is 369 g/mol. The molecule has 0 atom stereocenters. The maximum atomic E-state index is 14.7. The van der Waals surface area contributed by atoms with E-state index in [0.29, 0.717) is 0 Å². The van der Waals surface area contributed by atoms with Gasteiger partial charge in [-0.3, -0.25) is 4.79 Å². The molecule has 0 N–H and O–H groups in total. The van der Waals surface area contributed by atoms with E-state index in [9.17, 15) is 13.6 Å². The second kappa shape index (κ2) is 6.26. The lowest BCUT2D eigenvalue weighted by Crippen LogP contribution is -2.03. The summed E-state index contributed by atoms with van der Waals surface area (Å²) < 4.78 is 30.0. The Kier molecular flexibility index (Phi) is 4.29. The van der Waals surface area contributed by atoms with Crippen molar-refractivity contribution >= 4 is 29.0 Å². The van der Waals surface area contributed by atoms with E-state index in [1.54, 1.807) is 0 Å². The third-order valence-electron chi connectivity index (χ3n) is 3.37. The molecule has 0 fully saturated rings. The van der Waals surface area contributed by atoms with Crippen molar-refractivity contribution in [2.75, 3.05) is 0 Å². The number of benzene rings is 2. The quantitative estimate of drug-likeness (QED) is 0.652. The van der Waals surface area contributed by atoms with Gasteiger partial charge < -0.3 is 0 Å². The number of carbonyl (C=O) groups is 1. The van der Waals surface area contributed by atoms with Crippen molar-refractivity contribution < 1.29 is 13.6 Å². The molecule has 5 nitrogen and oxygen atoms in total. The lowest BCUT2D eigenvalue weighted by Gasteiger charge is -2.14. The van der Waals surface area contributed by atoms with Gasteiger partial charge in [-0.05, 0) is 41.6 Å². The van der Waals surface area contributed by atoms with Crippen LogP contribution in [0.15, 0.2) is 30.6 Å². The summed E-state index contributed by atoms with van der Waals surface area (Å²) in [7, 11) is 0. The monoisotopic (exact) mass is 368 g/mol. The minimum Gasteiger partial charge on any atom is -0.295 e. The predicted octanol–water partition coefficient (Wildman–Crippen LogP) is 4.12. The second-order valence-electron chi connectivity index (χ2n) is 4.89. The number of Topliss-reactive ketones (excluding diaryl/α,β-unsaturated/α-hetero) is 1. The van der Waals surface area contributed by atoms with Crippen LogP contribution in [0.5, 0.6) is 0 Å². The Hall–Kier alpha value is -2.38. The molecule has 0 saturated heterocycles. The van der Waals surface area contributed by atoms with Gasteiger partial charge in [0.05, 0.1) is 15.7 Å². The third kappa shape index (κ3) is 2.76. The Labute approximate surface area is 144 Å². The number of tetrazole rings is 1. The van der Waals surface area contributed by atoms with Gasteiger partial charge in [0.25, 0.3) is 0 Å². The molecule has 0 bridgehead atoms. The summed E-state index contributed by atoms with van der Waals surface area (Å²) in [5, 5.41) is 10.1. The number of halogens is 4. The van der Waals surface area contributed by atoms with Gasteiger partial charge in [-0.2, -0.15) is 4.68 Å². The normalized spacial score (nSPS) is 10.9. The first-order valence-corrected chi connectivity index (χ1v) is 7.37. The molecular weight excluding hydrogens is 361 g/mol. The first kappa shape index (κ1) is 16.5. The molecule has 9 heteroatoms. The highest BCUT2D eigenvalue weighted by Crippen LogP contribution is 2.38.